The van der Waals surface area contributed by atoms with Crippen LogP contribution in [0.2, 0.25) is 0 Å². The number of nitrogens with zero attached hydrogens (tertiary/aromatic N) is 1. The molecule has 0 unspecified atom stereocenters. The SMILES string of the molecule is [B]C1=CC(=O)N(CCCC[C@H](N)C(C)=O)C1=O. The van der Waals surface area contributed by atoms with Gasteiger partial charge in [0.2, 0.25) is 5.91 Å². The molecule has 0 aromatic rings. The Morgan fingerprint density at radius 2 is 2.12 bits per heavy atom. The number of imide groups is 1. The van der Waals surface area contributed by atoms with Crippen LogP contribution in [0.1, 0.15) is 26.2 Å². The fourth-order valence-electron chi connectivity index (χ4n) is 1.58. The highest BCUT2D eigenvalue weighted by Gasteiger charge is 2.26. The molecule has 0 aromatic heterocycles. The molecule has 2 N–H and O–H groups in total. The molecule has 6 heteroatoms. The molecule has 0 saturated carbocycles. The molecule has 0 aromatic carbocycles. The summed E-state index contributed by atoms with van der Waals surface area (Å²) in [4.78, 5) is 34.7. The number of carbonyl (C=O) groups excluding carboxylic acids is 3. The van der Waals surface area contributed by atoms with Crippen molar-refractivity contribution in [3.05, 3.63) is 11.5 Å². The molecule has 5 nitrogen and oxygen atoms in total. The van der Waals surface area contributed by atoms with E-state index in [0.29, 0.717) is 25.8 Å². The number of amides is 2. The molecule has 1 heterocycles. The van der Waals surface area contributed by atoms with Gasteiger partial charge in [-0.15, -0.1) is 0 Å². The first-order valence-corrected chi connectivity index (χ1v) is 5.52. The van der Waals surface area contributed by atoms with Crippen molar-refractivity contribution in [2.75, 3.05) is 6.54 Å². The maximum absolute atomic E-state index is 11.4. The van der Waals surface area contributed by atoms with E-state index in [2.05, 4.69) is 0 Å². The average Bonchev–Trinajstić information content (AvgIpc) is 2.49. The van der Waals surface area contributed by atoms with Gasteiger partial charge >= 0.3 is 0 Å². The van der Waals surface area contributed by atoms with E-state index in [1.807, 2.05) is 0 Å². The molecule has 0 saturated heterocycles. The van der Waals surface area contributed by atoms with E-state index in [-0.39, 0.29) is 17.2 Å². The van der Waals surface area contributed by atoms with Crippen molar-refractivity contribution in [1.82, 2.24) is 4.90 Å². The third-order valence-corrected chi connectivity index (χ3v) is 2.71. The van der Waals surface area contributed by atoms with Crippen molar-refractivity contribution in [1.29, 1.82) is 0 Å². The zero-order valence-corrected chi connectivity index (χ0v) is 9.81. The van der Waals surface area contributed by atoms with Crippen LogP contribution in [0.3, 0.4) is 0 Å². The van der Waals surface area contributed by atoms with Gasteiger partial charge in [-0.25, -0.2) is 0 Å². The summed E-state index contributed by atoms with van der Waals surface area (Å²) in [5.41, 5.74) is 5.54. The number of ketones is 1. The van der Waals surface area contributed by atoms with Crippen molar-refractivity contribution >= 4 is 25.4 Å². The summed E-state index contributed by atoms with van der Waals surface area (Å²) in [6, 6.07) is -0.455. The van der Waals surface area contributed by atoms with Gasteiger partial charge in [0.25, 0.3) is 5.91 Å². The van der Waals surface area contributed by atoms with Gasteiger partial charge in [-0.2, -0.15) is 0 Å². The van der Waals surface area contributed by atoms with Crippen molar-refractivity contribution in [3.63, 3.8) is 0 Å². The fraction of sp³-hybridized carbons (Fsp3) is 0.545. The van der Waals surface area contributed by atoms with E-state index in [1.165, 1.54) is 6.92 Å². The highest BCUT2D eigenvalue weighted by Crippen LogP contribution is 2.11. The van der Waals surface area contributed by atoms with Crippen LogP contribution >= 0.6 is 0 Å². The zero-order valence-electron chi connectivity index (χ0n) is 9.81. The zero-order chi connectivity index (χ0) is 13.0. The van der Waals surface area contributed by atoms with Gasteiger partial charge in [0.05, 0.1) is 6.04 Å². The number of rotatable bonds is 6. The molecule has 1 rings (SSSR count). The largest absolute Gasteiger partial charge is 0.322 e. The Morgan fingerprint density at radius 1 is 1.47 bits per heavy atom. The van der Waals surface area contributed by atoms with Crippen LogP contribution in [0.5, 0.6) is 0 Å². The summed E-state index contributed by atoms with van der Waals surface area (Å²) < 4.78 is 0. The molecular formula is C11H15BN2O3. The van der Waals surface area contributed by atoms with Crippen LogP contribution in [-0.4, -0.2) is 42.9 Å². The Bertz CT molecular complexity index is 379. The first-order chi connectivity index (χ1) is 7.93. The van der Waals surface area contributed by atoms with Crippen molar-refractivity contribution < 1.29 is 14.4 Å². The Labute approximate surface area is 101 Å². The minimum absolute atomic E-state index is 0.0181. The summed E-state index contributed by atoms with van der Waals surface area (Å²) in [6.45, 7) is 1.77. The first kappa shape index (κ1) is 13.6. The number of hydrogen-bond donors (Lipinski definition) is 1. The smallest absolute Gasteiger partial charge is 0.252 e. The van der Waals surface area contributed by atoms with Gasteiger partial charge in [0, 0.05) is 12.6 Å². The quantitative estimate of drug-likeness (QED) is 0.381. The van der Waals surface area contributed by atoms with Crippen LogP contribution in [0.4, 0.5) is 0 Å². The normalized spacial score (nSPS) is 17.3. The Balaban J connectivity index is 2.27. The lowest BCUT2D eigenvalue weighted by molar-refractivity contribution is -0.137. The summed E-state index contributed by atoms with van der Waals surface area (Å²) in [7, 11) is 5.34. The first-order valence-electron chi connectivity index (χ1n) is 5.52. The molecule has 1 atom stereocenters. The van der Waals surface area contributed by atoms with Gasteiger partial charge in [0.1, 0.15) is 13.6 Å². The topological polar surface area (TPSA) is 80.5 Å². The van der Waals surface area contributed by atoms with Crippen LogP contribution < -0.4 is 5.73 Å². The standard InChI is InChI=1S/C11H15BN2O3/c1-7(15)9(13)4-2-3-5-14-10(16)6-8(12)11(14)17/h6,9H,2-5,13H2,1H3/t9-/m0/s1. The molecule has 1 aliphatic heterocycles. The summed E-state index contributed by atoms with van der Waals surface area (Å²) in [5.74, 6) is -0.863. The number of Topliss-reactive ketones (excluding diaryl/α,β-unsaturated/α-hetero) is 1. The second-order valence-electron chi connectivity index (χ2n) is 4.11. The predicted molar refractivity (Wildman–Crippen MR) is 63.1 cm³/mol. The molecule has 0 aliphatic carbocycles. The van der Waals surface area contributed by atoms with Gasteiger partial charge in [0.15, 0.2) is 0 Å². The Morgan fingerprint density at radius 3 is 2.59 bits per heavy atom. The second-order valence-corrected chi connectivity index (χ2v) is 4.11. The third-order valence-electron chi connectivity index (χ3n) is 2.71. The molecule has 2 radical (unpaired) electrons. The molecule has 1 aliphatic rings. The molecule has 0 bridgehead atoms. The van der Waals surface area contributed by atoms with Gasteiger partial charge in [-0.3, -0.25) is 19.3 Å². The van der Waals surface area contributed by atoms with Gasteiger partial charge in [-0.1, -0.05) is 0 Å². The van der Waals surface area contributed by atoms with Gasteiger partial charge in [-0.05, 0) is 31.7 Å². The molecule has 0 fully saturated rings. The van der Waals surface area contributed by atoms with Crippen LogP contribution in [0.25, 0.3) is 0 Å². The number of nitrogens with two attached hydrogens (primary N) is 1. The minimum Gasteiger partial charge on any atom is -0.322 e. The summed E-state index contributed by atoms with van der Waals surface area (Å²) >= 11 is 0. The second kappa shape index (κ2) is 5.77. The Kier molecular flexibility index (Phi) is 4.63. The lowest BCUT2D eigenvalue weighted by Crippen LogP contribution is -2.32. The molecule has 90 valence electrons. The maximum atomic E-state index is 11.4. The lowest BCUT2D eigenvalue weighted by Gasteiger charge is -2.14. The van der Waals surface area contributed by atoms with E-state index in [0.717, 1.165) is 11.0 Å². The lowest BCUT2D eigenvalue weighted by atomic mass is 9.96. The van der Waals surface area contributed by atoms with Gasteiger partial charge < -0.3 is 5.73 Å². The number of carbonyl (C=O) groups is 3. The molecular weight excluding hydrogens is 219 g/mol. The van der Waals surface area contributed by atoms with E-state index in [1.54, 1.807) is 0 Å². The van der Waals surface area contributed by atoms with E-state index < -0.39 is 11.9 Å². The van der Waals surface area contributed by atoms with E-state index >= 15 is 0 Å². The Hall–Kier alpha value is -1.43. The highest BCUT2D eigenvalue weighted by molar-refractivity contribution is 6.42. The fourth-order valence-corrected chi connectivity index (χ4v) is 1.58. The van der Waals surface area contributed by atoms with Crippen LogP contribution in [-0.2, 0) is 14.4 Å². The van der Waals surface area contributed by atoms with E-state index in [4.69, 9.17) is 13.6 Å². The van der Waals surface area contributed by atoms with Crippen LogP contribution in [0.15, 0.2) is 11.5 Å². The van der Waals surface area contributed by atoms with Crippen molar-refractivity contribution in [3.8, 4) is 0 Å². The predicted octanol–water partition coefficient (Wildman–Crippen LogP) is -0.506. The number of unbranched alkanes of at least 4 members (excludes halogenated alkanes) is 1. The average molecular weight is 234 g/mol. The monoisotopic (exact) mass is 234 g/mol. The summed E-state index contributed by atoms with van der Waals surface area (Å²) in [6.07, 6.45) is 3.01. The molecule has 0 spiro atoms. The molecule has 17 heavy (non-hydrogen) atoms. The number of hydrogen-bond acceptors (Lipinski definition) is 4. The summed E-state index contributed by atoms with van der Waals surface area (Å²) in [5, 5.41) is 0. The van der Waals surface area contributed by atoms with Crippen LogP contribution in [0, 0.1) is 0 Å². The maximum Gasteiger partial charge on any atom is 0.252 e. The van der Waals surface area contributed by atoms with E-state index in [9.17, 15) is 14.4 Å². The van der Waals surface area contributed by atoms with Crippen molar-refractivity contribution in [2.24, 2.45) is 5.73 Å². The van der Waals surface area contributed by atoms with Crippen molar-refractivity contribution in [2.45, 2.75) is 32.2 Å². The third kappa shape index (κ3) is 3.52. The highest BCUT2D eigenvalue weighted by atomic mass is 16.2. The minimum atomic E-state index is -0.455. The molecule has 2 amide bonds.